The zero-order valence-electron chi connectivity index (χ0n) is 13.5. The number of hydrogen-bond acceptors (Lipinski definition) is 6. The molecular weight excluding hydrogens is 400 g/mol. The maximum Gasteiger partial charge on any atom is 0.313 e. The smallest absolute Gasteiger partial charge is 0.313 e. The van der Waals surface area contributed by atoms with Gasteiger partial charge in [0.2, 0.25) is 10.0 Å². The minimum atomic E-state index is -3.82. The number of nitrogens with zero attached hydrogens (tertiary/aromatic N) is 1. The predicted molar refractivity (Wildman–Crippen MR) is 96.4 cm³/mol. The molecule has 2 aromatic rings. The van der Waals surface area contributed by atoms with E-state index in [9.17, 15) is 28.1 Å². The molecule has 0 aromatic heterocycles. The maximum atomic E-state index is 11.9. The Labute approximate surface area is 158 Å². The van der Waals surface area contributed by atoms with E-state index in [4.69, 9.17) is 16.7 Å². The number of hydrogen-bond donors (Lipinski definition) is 3. The van der Waals surface area contributed by atoms with Gasteiger partial charge < -0.3 is 10.6 Å². The molecule has 0 saturated carbocycles. The average Bonchev–Trinajstić information content (AvgIpc) is 2.60. The molecular formula is C15H13ClN4O6S. The minimum Gasteiger partial charge on any atom is -0.344 e. The van der Waals surface area contributed by atoms with Gasteiger partial charge in [0, 0.05) is 18.7 Å². The Balaban J connectivity index is 1.99. The molecule has 12 heteroatoms. The minimum absolute atomic E-state index is 0.0281. The first kappa shape index (κ1) is 20.3. The number of rotatable bonds is 5. The Hall–Kier alpha value is -3.02. The van der Waals surface area contributed by atoms with E-state index in [0.717, 1.165) is 12.1 Å². The number of nitro benzene ring substituents is 1. The molecule has 0 saturated heterocycles. The second-order valence-corrected chi connectivity index (χ2v) is 7.22. The van der Waals surface area contributed by atoms with Crippen molar-refractivity contribution in [2.45, 2.75) is 11.4 Å². The molecule has 0 spiro atoms. The lowest BCUT2D eigenvalue weighted by Gasteiger charge is -2.08. The van der Waals surface area contributed by atoms with E-state index in [1.165, 1.54) is 30.3 Å². The Morgan fingerprint density at radius 1 is 1.11 bits per heavy atom. The number of nitro groups is 1. The summed E-state index contributed by atoms with van der Waals surface area (Å²) in [6.45, 7) is -0.0557. The third-order valence-electron chi connectivity index (χ3n) is 3.32. The first-order chi connectivity index (χ1) is 12.6. The van der Waals surface area contributed by atoms with Gasteiger partial charge in [0.15, 0.2) is 0 Å². The van der Waals surface area contributed by atoms with Gasteiger partial charge >= 0.3 is 11.8 Å². The normalized spacial score (nSPS) is 10.9. The third-order valence-corrected chi connectivity index (χ3v) is 4.58. The van der Waals surface area contributed by atoms with E-state index >= 15 is 0 Å². The summed E-state index contributed by atoms with van der Waals surface area (Å²) in [6.07, 6.45) is 0. The number of benzene rings is 2. The monoisotopic (exact) mass is 412 g/mol. The molecule has 0 aliphatic carbocycles. The number of carbonyl (C=O) groups excluding carboxylic acids is 2. The number of non-ortho nitro benzene ring substituents is 1. The molecule has 0 aliphatic heterocycles. The van der Waals surface area contributed by atoms with Crippen molar-refractivity contribution < 1.29 is 22.9 Å². The second-order valence-electron chi connectivity index (χ2n) is 5.25. The molecule has 0 fully saturated rings. The van der Waals surface area contributed by atoms with Crippen molar-refractivity contribution in [2.75, 3.05) is 5.32 Å². The summed E-state index contributed by atoms with van der Waals surface area (Å²) in [5, 5.41) is 20.3. The molecule has 142 valence electrons. The Morgan fingerprint density at radius 3 is 2.30 bits per heavy atom. The fraction of sp³-hybridized carbons (Fsp3) is 0.0667. The van der Waals surface area contributed by atoms with Crippen molar-refractivity contribution in [2.24, 2.45) is 5.14 Å². The standard InChI is InChI=1S/C15H13ClN4O6S/c16-12-6-3-10(20(23)24)7-13(12)19-15(22)14(21)18-8-9-1-4-11(5-2-9)27(17,25)26/h1-7H,8H2,(H,18,21)(H,19,22)(H2,17,25,26). The molecule has 2 rings (SSSR count). The molecule has 0 atom stereocenters. The highest BCUT2D eigenvalue weighted by Gasteiger charge is 2.17. The molecule has 0 unspecified atom stereocenters. The first-order valence-electron chi connectivity index (χ1n) is 7.23. The summed E-state index contributed by atoms with van der Waals surface area (Å²) in [5.41, 5.74) is 0.144. The summed E-state index contributed by atoms with van der Waals surface area (Å²) in [4.78, 5) is 33.8. The number of nitrogens with one attached hydrogen (secondary N) is 2. The van der Waals surface area contributed by atoms with Crippen molar-refractivity contribution in [3.05, 3.63) is 63.2 Å². The van der Waals surface area contributed by atoms with Crippen molar-refractivity contribution in [1.29, 1.82) is 0 Å². The Bertz CT molecular complexity index is 1010. The van der Waals surface area contributed by atoms with Gasteiger partial charge in [-0.25, -0.2) is 13.6 Å². The number of amides is 2. The van der Waals surface area contributed by atoms with Gasteiger partial charge in [-0.2, -0.15) is 0 Å². The van der Waals surface area contributed by atoms with Crippen LogP contribution in [0.5, 0.6) is 0 Å². The molecule has 0 heterocycles. The molecule has 0 aliphatic rings. The molecule has 0 bridgehead atoms. The molecule has 10 nitrogen and oxygen atoms in total. The highest BCUT2D eigenvalue weighted by Crippen LogP contribution is 2.26. The quantitative estimate of drug-likeness (QED) is 0.379. The van der Waals surface area contributed by atoms with Crippen molar-refractivity contribution >= 4 is 44.8 Å². The van der Waals surface area contributed by atoms with Gasteiger partial charge in [0.05, 0.1) is 20.5 Å². The lowest BCUT2D eigenvalue weighted by atomic mass is 10.2. The first-order valence-corrected chi connectivity index (χ1v) is 9.15. The largest absolute Gasteiger partial charge is 0.344 e. The van der Waals surface area contributed by atoms with Gasteiger partial charge in [0.1, 0.15) is 0 Å². The number of primary sulfonamides is 1. The number of halogens is 1. The molecule has 0 radical (unpaired) electrons. The fourth-order valence-corrected chi connectivity index (χ4v) is 2.64. The van der Waals surface area contributed by atoms with Crippen LogP contribution in [-0.4, -0.2) is 25.2 Å². The van der Waals surface area contributed by atoms with Crippen LogP contribution in [0.1, 0.15) is 5.56 Å². The fourth-order valence-electron chi connectivity index (χ4n) is 1.96. The Kier molecular flexibility index (Phi) is 6.10. The summed E-state index contributed by atoms with van der Waals surface area (Å²) < 4.78 is 22.3. The van der Waals surface area contributed by atoms with Crippen LogP contribution in [0.4, 0.5) is 11.4 Å². The summed E-state index contributed by atoms with van der Waals surface area (Å²) >= 11 is 5.85. The lowest BCUT2D eigenvalue weighted by Crippen LogP contribution is -2.35. The van der Waals surface area contributed by atoms with E-state index in [1.54, 1.807) is 0 Å². The molecule has 2 amide bonds. The van der Waals surface area contributed by atoms with Gasteiger partial charge in [-0.3, -0.25) is 19.7 Å². The molecule has 27 heavy (non-hydrogen) atoms. The second kappa shape index (κ2) is 8.12. The number of nitrogens with two attached hydrogens (primary N) is 1. The van der Waals surface area contributed by atoms with Gasteiger partial charge in [-0.05, 0) is 23.8 Å². The van der Waals surface area contributed by atoms with Gasteiger partial charge in [-0.1, -0.05) is 23.7 Å². The number of carbonyl (C=O) groups is 2. The summed E-state index contributed by atoms with van der Waals surface area (Å²) in [7, 11) is -3.82. The summed E-state index contributed by atoms with van der Waals surface area (Å²) in [6, 6.07) is 8.78. The van der Waals surface area contributed by atoms with Crippen LogP contribution in [-0.2, 0) is 26.2 Å². The van der Waals surface area contributed by atoms with Crippen LogP contribution in [0.3, 0.4) is 0 Å². The predicted octanol–water partition coefficient (Wildman–Crippen LogP) is 1.15. The van der Waals surface area contributed by atoms with E-state index in [-0.39, 0.29) is 27.8 Å². The Morgan fingerprint density at radius 2 is 1.74 bits per heavy atom. The average molecular weight is 413 g/mol. The maximum absolute atomic E-state index is 11.9. The van der Waals surface area contributed by atoms with Crippen molar-refractivity contribution in [3.63, 3.8) is 0 Å². The SMILES string of the molecule is NS(=O)(=O)c1ccc(CNC(=O)C(=O)Nc2cc([N+](=O)[O-])ccc2Cl)cc1. The highest BCUT2D eigenvalue weighted by atomic mass is 35.5. The highest BCUT2D eigenvalue weighted by molar-refractivity contribution is 7.89. The van der Waals surface area contributed by atoms with E-state index in [2.05, 4.69) is 10.6 Å². The van der Waals surface area contributed by atoms with Crippen LogP contribution < -0.4 is 15.8 Å². The zero-order valence-corrected chi connectivity index (χ0v) is 15.1. The number of anilines is 1. The third kappa shape index (κ3) is 5.48. The van der Waals surface area contributed by atoms with Crippen LogP contribution in [0.25, 0.3) is 0 Å². The van der Waals surface area contributed by atoms with Gasteiger partial charge in [0.25, 0.3) is 5.69 Å². The van der Waals surface area contributed by atoms with E-state index in [1.807, 2.05) is 0 Å². The lowest BCUT2D eigenvalue weighted by molar-refractivity contribution is -0.384. The van der Waals surface area contributed by atoms with Crippen LogP contribution in [0.2, 0.25) is 5.02 Å². The summed E-state index contributed by atoms with van der Waals surface area (Å²) in [5.74, 6) is -2.08. The van der Waals surface area contributed by atoms with E-state index in [0.29, 0.717) is 5.56 Å². The van der Waals surface area contributed by atoms with Crippen molar-refractivity contribution in [1.82, 2.24) is 5.32 Å². The van der Waals surface area contributed by atoms with Crippen LogP contribution in [0.15, 0.2) is 47.4 Å². The van der Waals surface area contributed by atoms with E-state index < -0.39 is 26.8 Å². The topological polar surface area (TPSA) is 162 Å². The van der Waals surface area contributed by atoms with Crippen LogP contribution in [0, 0.1) is 10.1 Å². The molecule has 4 N–H and O–H groups in total. The zero-order chi connectivity index (χ0) is 20.2. The van der Waals surface area contributed by atoms with Crippen molar-refractivity contribution in [3.8, 4) is 0 Å². The van der Waals surface area contributed by atoms with Gasteiger partial charge in [-0.15, -0.1) is 0 Å². The number of sulfonamides is 1. The molecule has 2 aromatic carbocycles. The van der Waals surface area contributed by atoms with Crippen LogP contribution >= 0.6 is 11.6 Å².